The predicted molar refractivity (Wildman–Crippen MR) is 86.0 cm³/mol. The fourth-order valence-electron chi connectivity index (χ4n) is 2.53. The van der Waals surface area contributed by atoms with Crippen LogP contribution in [0, 0.1) is 12.8 Å². The summed E-state index contributed by atoms with van der Waals surface area (Å²) in [4.78, 5) is 14.8. The number of aryl methyl sites for hydroxylation is 1. The molecule has 5 heteroatoms. The van der Waals surface area contributed by atoms with Gasteiger partial charge >= 0.3 is 0 Å². The lowest BCUT2D eigenvalue weighted by Crippen LogP contribution is -2.42. The van der Waals surface area contributed by atoms with Gasteiger partial charge in [0.1, 0.15) is 0 Å². The summed E-state index contributed by atoms with van der Waals surface area (Å²) in [6, 6.07) is 5.77. The van der Waals surface area contributed by atoms with Gasteiger partial charge in [0.05, 0.1) is 11.4 Å². The zero-order valence-corrected chi connectivity index (χ0v) is 13.1. The number of carbonyl (C=O) groups excluding carboxylic acids is 1. The van der Waals surface area contributed by atoms with Gasteiger partial charge < -0.3 is 10.6 Å². The van der Waals surface area contributed by atoms with Crippen LogP contribution in [0.4, 0.5) is 0 Å². The highest BCUT2D eigenvalue weighted by atomic mass is 35.5. The van der Waals surface area contributed by atoms with Crippen molar-refractivity contribution >= 4 is 34.7 Å². The fourth-order valence-corrected chi connectivity index (χ4v) is 2.95. The molecule has 1 saturated heterocycles. The summed E-state index contributed by atoms with van der Waals surface area (Å²) < 4.78 is 0. The van der Waals surface area contributed by atoms with E-state index in [1.54, 1.807) is 0 Å². The number of hydrogen-bond donors (Lipinski definition) is 1. The van der Waals surface area contributed by atoms with Crippen molar-refractivity contribution in [2.24, 2.45) is 11.7 Å². The second-order valence-electron chi connectivity index (χ2n) is 5.33. The van der Waals surface area contributed by atoms with Crippen LogP contribution < -0.4 is 5.73 Å². The minimum absolute atomic E-state index is 0.124. The van der Waals surface area contributed by atoms with Crippen molar-refractivity contribution in [1.82, 2.24) is 4.90 Å². The summed E-state index contributed by atoms with van der Waals surface area (Å²) in [5.74, 6) is 0.399. The van der Waals surface area contributed by atoms with E-state index in [4.69, 9.17) is 29.6 Å². The molecule has 1 fully saturated rings. The lowest BCUT2D eigenvalue weighted by Gasteiger charge is -2.31. The number of nitrogens with zero attached hydrogens (tertiary/aromatic N) is 1. The molecule has 1 aliphatic rings. The van der Waals surface area contributed by atoms with Gasteiger partial charge in [0, 0.05) is 24.0 Å². The number of nitrogens with two attached hydrogens (primary N) is 1. The van der Waals surface area contributed by atoms with Crippen LogP contribution in [0.3, 0.4) is 0 Å². The first-order valence-corrected chi connectivity index (χ1v) is 7.58. The standard InChI is InChI=1S/C15H19ClN2OS/c1-10-2-3-13(16)12(8-10)9-14(19)18-6-4-11(5-7-18)15(17)20/h2-3,8,11H,4-7,9H2,1H3,(H2,17,20). The van der Waals surface area contributed by atoms with E-state index in [1.165, 1.54) is 0 Å². The molecule has 0 aromatic heterocycles. The third kappa shape index (κ3) is 3.70. The molecule has 0 atom stereocenters. The Balaban J connectivity index is 1.96. The van der Waals surface area contributed by atoms with E-state index >= 15 is 0 Å². The Labute approximate surface area is 130 Å². The Hall–Kier alpha value is -1.13. The largest absolute Gasteiger partial charge is 0.393 e. The van der Waals surface area contributed by atoms with E-state index < -0.39 is 0 Å². The monoisotopic (exact) mass is 310 g/mol. The van der Waals surface area contributed by atoms with Gasteiger partial charge in [-0.3, -0.25) is 4.79 Å². The van der Waals surface area contributed by atoms with Crippen LogP contribution in [0.15, 0.2) is 18.2 Å². The van der Waals surface area contributed by atoms with Crippen molar-refractivity contribution in [3.8, 4) is 0 Å². The Bertz CT molecular complexity index is 525. The third-order valence-corrected chi connectivity index (χ3v) is 4.49. The number of piperidine rings is 1. The molecule has 0 unspecified atom stereocenters. The van der Waals surface area contributed by atoms with Gasteiger partial charge in [-0.25, -0.2) is 0 Å². The zero-order valence-electron chi connectivity index (χ0n) is 11.6. The number of halogens is 1. The number of likely N-dealkylation sites (tertiary alicyclic amines) is 1. The van der Waals surface area contributed by atoms with Crippen molar-refractivity contribution in [3.05, 3.63) is 34.3 Å². The summed E-state index contributed by atoms with van der Waals surface area (Å²) in [6.45, 7) is 3.45. The molecular weight excluding hydrogens is 292 g/mol. The predicted octanol–water partition coefficient (Wildman–Crippen LogP) is 2.72. The third-order valence-electron chi connectivity index (χ3n) is 3.79. The number of thiocarbonyl (C=S) groups is 1. The topological polar surface area (TPSA) is 46.3 Å². The van der Waals surface area contributed by atoms with E-state index in [-0.39, 0.29) is 11.8 Å². The molecule has 1 aromatic carbocycles. The maximum atomic E-state index is 12.3. The average molecular weight is 311 g/mol. The lowest BCUT2D eigenvalue weighted by molar-refractivity contribution is -0.131. The van der Waals surface area contributed by atoms with E-state index in [9.17, 15) is 4.79 Å². The van der Waals surface area contributed by atoms with Crippen LogP contribution in [0.1, 0.15) is 24.0 Å². The summed E-state index contributed by atoms with van der Waals surface area (Å²) >= 11 is 11.2. The smallest absolute Gasteiger partial charge is 0.227 e. The van der Waals surface area contributed by atoms with Gasteiger partial charge in [-0.2, -0.15) is 0 Å². The van der Waals surface area contributed by atoms with E-state index in [0.29, 0.717) is 16.4 Å². The number of hydrogen-bond acceptors (Lipinski definition) is 2. The molecule has 0 saturated carbocycles. The van der Waals surface area contributed by atoms with Crippen molar-refractivity contribution in [2.75, 3.05) is 13.1 Å². The maximum Gasteiger partial charge on any atom is 0.227 e. The molecule has 1 aromatic rings. The minimum atomic E-state index is 0.124. The van der Waals surface area contributed by atoms with E-state index in [0.717, 1.165) is 37.1 Å². The minimum Gasteiger partial charge on any atom is -0.393 e. The molecule has 20 heavy (non-hydrogen) atoms. The van der Waals surface area contributed by atoms with E-state index in [1.807, 2.05) is 30.0 Å². The molecule has 2 N–H and O–H groups in total. The van der Waals surface area contributed by atoms with Crippen LogP contribution in [-0.4, -0.2) is 28.9 Å². The normalized spacial score (nSPS) is 16.2. The second-order valence-corrected chi connectivity index (χ2v) is 6.21. The van der Waals surface area contributed by atoms with Gasteiger partial charge in [0.15, 0.2) is 0 Å². The van der Waals surface area contributed by atoms with Crippen LogP contribution in [0.5, 0.6) is 0 Å². The van der Waals surface area contributed by atoms with Gasteiger partial charge in [-0.05, 0) is 31.4 Å². The first-order chi connectivity index (χ1) is 9.47. The summed E-state index contributed by atoms with van der Waals surface area (Å²) in [5, 5.41) is 0.655. The first kappa shape index (κ1) is 15.3. The van der Waals surface area contributed by atoms with Gasteiger partial charge in [-0.15, -0.1) is 0 Å². The van der Waals surface area contributed by atoms with Crippen LogP contribution in [0.25, 0.3) is 0 Å². The van der Waals surface area contributed by atoms with E-state index in [2.05, 4.69) is 0 Å². The SMILES string of the molecule is Cc1ccc(Cl)c(CC(=O)N2CCC(C(N)=S)CC2)c1. The molecule has 0 spiro atoms. The Morgan fingerprint density at radius 1 is 1.45 bits per heavy atom. The van der Waals surface area contributed by atoms with Crippen LogP contribution >= 0.6 is 23.8 Å². The second kappa shape index (κ2) is 6.55. The molecule has 1 aliphatic heterocycles. The molecule has 1 heterocycles. The van der Waals surface area contributed by atoms with Crippen molar-refractivity contribution < 1.29 is 4.79 Å². The number of amides is 1. The molecule has 108 valence electrons. The molecule has 0 radical (unpaired) electrons. The quantitative estimate of drug-likeness (QED) is 0.873. The molecular formula is C15H19ClN2OS. The maximum absolute atomic E-state index is 12.3. The van der Waals surface area contributed by atoms with Crippen molar-refractivity contribution in [1.29, 1.82) is 0 Å². The van der Waals surface area contributed by atoms with Gasteiger partial charge in [0.2, 0.25) is 5.91 Å². The number of rotatable bonds is 3. The Kier molecular flexibility index (Phi) is 5.00. The molecule has 2 rings (SSSR count). The van der Waals surface area contributed by atoms with Crippen LogP contribution in [0.2, 0.25) is 5.02 Å². The van der Waals surface area contributed by atoms with Gasteiger partial charge in [0.25, 0.3) is 0 Å². The number of benzene rings is 1. The highest BCUT2D eigenvalue weighted by Gasteiger charge is 2.24. The summed E-state index contributed by atoms with van der Waals surface area (Å²) in [7, 11) is 0. The fraction of sp³-hybridized carbons (Fsp3) is 0.467. The average Bonchev–Trinajstić information content (AvgIpc) is 2.43. The lowest BCUT2D eigenvalue weighted by atomic mass is 9.96. The number of carbonyl (C=O) groups is 1. The van der Waals surface area contributed by atoms with Gasteiger partial charge in [-0.1, -0.05) is 41.5 Å². The Morgan fingerprint density at radius 2 is 2.10 bits per heavy atom. The highest BCUT2D eigenvalue weighted by Crippen LogP contribution is 2.21. The zero-order chi connectivity index (χ0) is 14.7. The van der Waals surface area contributed by atoms with Crippen molar-refractivity contribution in [2.45, 2.75) is 26.2 Å². The summed E-state index contributed by atoms with van der Waals surface area (Å²) in [5.41, 5.74) is 7.67. The first-order valence-electron chi connectivity index (χ1n) is 6.79. The molecule has 3 nitrogen and oxygen atoms in total. The summed E-state index contributed by atoms with van der Waals surface area (Å²) in [6.07, 6.45) is 2.09. The van der Waals surface area contributed by atoms with Crippen LogP contribution in [-0.2, 0) is 11.2 Å². The highest BCUT2D eigenvalue weighted by molar-refractivity contribution is 7.80. The molecule has 1 amide bonds. The van der Waals surface area contributed by atoms with Crippen molar-refractivity contribution in [3.63, 3.8) is 0 Å². The molecule has 0 aliphatic carbocycles. The molecule has 0 bridgehead atoms. The Morgan fingerprint density at radius 3 is 2.70 bits per heavy atom.